The molecule has 0 aromatic heterocycles. The fraction of sp³-hybridized carbons (Fsp3) is 0.600. The summed E-state index contributed by atoms with van der Waals surface area (Å²) >= 11 is 2.35. The van der Waals surface area contributed by atoms with E-state index in [0.29, 0.717) is 0 Å². The lowest BCUT2D eigenvalue weighted by Crippen LogP contribution is -2.56. The van der Waals surface area contributed by atoms with Crippen molar-refractivity contribution in [3.8, 4) is 0 Å². The summed E-state index contributed by atoms with van der Waals surface area (Å²) in [5.74, 6) is 0. The molecule has 0 aliphatic heterocycles. The van der Waals surface area contributed by atoms with Crippen molar-refractivity contribution in [3.63, 3.8) is 0 Å². The molecule has 0 bridgehead atoms. The van der Waals surface area contributed by atoms with E-state index in [1.165, 1.54) is 28.4 Å². The van der Waals surface area contributed by atoms with E-state index in [4.69, 9.17) is 5.73 Å². The first-order valence-corrected chi connectivity index (χ1v) is 7.54. The lowest BCUT2D eigenvalue weighted by molar-refractivity contribution is 0.0990. The van der Waals surface area contributed by atoms with Crippen LogP contribution in [0.2, 0.25) is 0 Å². The first-order chi connectivity index (χ1) is 7.93. The molecule has 1 aliphatic carbocycles. The zero-order chi connectivity index (χ0) is 12.5. The first-order valence-electron chi connectivity index (χ1n) is 6.46. The summed E-state index contributed by atoms with van der Waals surface area (Å²) in [4.78, 5) is 0. The Morgan fingerprint density at radius 3 is 2.29 bits per heavy atom. The molecule has 1 fully saturated rings. The highest BCUT2D eigenvalue weighted by Crippen LogP contribution is 2.43. The molecule has 17 heavy (non-hydrogen) atoms. The minimum Gasteiger partial charge on any atom is -0.324 e. The van der Waals surface area contributed by atoms with Crippen LogP contribution in [0.4, 0.5) is 0 Å². The number of benzene rings is 1. The zero-order valence-corrected chi connectivity index (χ0v) is 13.0. The lowest BCUT2D eigenvalue weighted by Gasteiger charge is -2.48. The monoisotopic (exact) mass is 343 g/mol. The van der Waals surface area contributed by atoms with E-state index in [9.17, 15) is 0 Å². The van der Waals surface area contributed by atoms with Crippen LogP contribution in [-0.2, 0) is 6.42 Å². The summed E-state index contributed by atoms with van der Waals surface area (Å²) in [7, 11) is 0. The quantitative estimate of drug-likeness (QED) is 0.803. The van der Waals surface area contributed by atoms with Crippen molar-refractivity contribution in [2.75, 3.05) is 0 Å². The summed E-state index contributed by atoms with van der Waals surface area (Å²) in [5, 5.41) is 0. The Balaban J connectivity index is 2.18. The lowest BCUT2D eigenvalue weighted by atomic mass is 9.61. The molecule has 2 heteroatoms. The molecule has 94 valence electrons. The molecular weight excluding hydrogens is 321 g/mol. The van der Waals surface area contributed by atoms with Crippen molar-refractivity contribution in [1.82, 2.24) is 0 Å². The van der Waals surface area contributed by atoms with Gasteiger partial charge in [-0.1, -0.05) is 38.8 Å². The van der Waals surface area contributed by atoms with E-state index in [1.807, 2.05) is 0 Å². The Kier molecular flexibility index (Phi) is 3.83. The van der Waals surface area contributed by atoms with E-state index in [0.717, 1.165) is 12.8 Å². The Labute approximate surface area is 118 Å². The maximum absolute atomic E-state index is 6.71. The molecule has 1 atom stereocenters. The molecule has 0 amide bonds. The number of hydrogen-bond acceptors (Lipinski definition) is 1. The second kappa shape index (κ2) is 4.88. The number of hydrogen-bond donors (Lipinski definition) is 1. The standard InChI is InChI=1S/C15H22IN/c1-14(2)9-3-4-10-15(14,17)11-12-5-7-13(16)8-6-12/h5-8H,3-4,9-11,17H2,1-2H3. The van der Waals surface area contributed by atoms with Gasteiger partial charge in [-0.15, -0.1) is 0 Å². The Bertz CT molecular complexity index is 382. The highest BCUT2D eigenvalue weighted by Gasteiger charge is 2.43. The Morgan fingerprint density at radius 1 is 1.12 bits per heavy atom. The van der Waals surface area contributed by atoms with Gasteiger partial charge in [-0.05, 0) is 65.0 Å². The Morgan fingerprint density at radius 2 is 1.71 bits per heavy atom. The van der Waals surface area contributed by atoms with Gasteiger partial charge >= 0.3 is 0 Å². The third-order valence-electron chi connectivity index (χ3n) is 4.46. The van der Waals surface area contributed by atoms with E-state index in [-0.39, 0.29) is 11.0 Å². The van der Waals surface area contributed by atoms with Crippen molar-refractivity contribution in [3.05, 3.63) is 33.4 Å². The van der Waals surface area contributed by atoms with Crippen LogP contribution in [-0.4, -0.2) is 5.54 Å². The van der Waals surface area contributed by atoms with Gasteiger partial charge in [0.25, 0.3) is 0 Å². The third-order valence-corrected chi connectivity index (χ3v) is 5.17. The van der Waals surface area contributed by atoms with Gasteiger partial charge in [-0.2, -0.15) is 0 Å². The summed E-state index contributed by atoms with van der Waals surface area (Å²) in [6.45, 7) is 4.66. The van der Waals surface area contributed by atoms with Gasteiger partial charge in [-0.25, -0.2) is 0 Å². The van der Waals surface area contributed by atoms with Crippen molar-refractivity contribution in [1.29, 1.82) is 0 Å². The summed E-state index contributed by atoms with van der Waals surface area (Å²) in [5.41, 5.74) is 8.31. The van der Waals surface area contributed by atoms with Gasteiger partial charge < -0.3 is 5.73 Å². The SMILES string of the molecule is CC1(C)CCCCC1(N)Cc1ccc(I)cc1. The van der Waals surface area contributed by atoms with Crippen LogP contribution in [0.25, 0.3) is 0 Å². The van der Waals surface area contributed by atoms with Crippen molar-refractivity contribution >= 4 is 22.6 Å². The minimum atomic E-state index is -0.0297. The topological polar surface area (TPSA) is 26.0 Å². The smallest absolute Gasteiger partial charge is 0.0246 e. The van der Waals surface area contributed by atoms with Crippen LogP contribution in [0.15, 0.2) is 24.3 Å². The molecule has 1 aromatic rings. The molecule has 1 nitrogen and oxygen atoms in total. The molecule has 1 saturated carbocycles. The molecule has 1 unspecified atom stereocenters. The maximum atomic E-state index is 6.71. The van der Waals surface area contributed by atoms with Crippen molar-refractivity contribution < 1.29 is 0 Å². The predicted octanol–water partition coefficient (Wildman–Crippen LogP) is 4.13. The van der Waals surface area contributed by atoms with E-state index >= 15 is 0 Å². The molecule has 1 aromatic carbocycles. The van der Waals surface area contributed by atoms with Crippen LogP contribution in [0.3, 0.4) is 0 Å². The van der Waals surface area contributed by atoms with E-state index < -0.39 is 0 Å². The fourth-order valence-corrected chi connectivity index (χ4v) is 3.25. The van der Waals surface area contributed by atoms with Crippen LogP contribution < -0.4 is 5.73 Å². The van der Waals surface area contributed by atoms with Gasteiger partial charge in [0.05, 0.1) is 0 Å². The molecule has 1 aliphatic rings. The fourth-order valence-electron chi connectivity index (χ4n) is 2.89. The minimum absolute atomic E-state index is 0.0297. The number of nitrogens with two attached hydrogens (primary N) is 1. The average Bonchev–Trinajstić information content (AvgIpc) is 2.26. The molecule has 0 heterocycles. The van der Waals surface area contributed by atoms with Gasteiger partial charge in [0, 0.05) is 9.11 Å². The van der Waals surface area contributed by atoms with Crippen molar-refractivity contribution in [2.45, 2.75) is 51.5 Å². The summed E-state index contributed by atoms with van der Waals surface area (Å²) < 4.78 is 1.29. The molecular formula is C15H22IN. The van der Waals surface area contributed by atoms with Gasteiger partial charge in [0.1, 0.15) is 0 Å². The highest BCUT2D eigenvalue weighted by atomic mass is 127. The summed E-state index contributed by atoms with van der Waals surface area (Å²) in [6.07, 6.45) is 6.04. The highest BCUT2D eigenvalue weighted by molar-refractivity contribution is 14.1. The third kappa shape index (κ3) is 2.84. The van der Waals surface area contributed by atoms with Gasteiger partial charge in [0.2, 0.25) is 0 Å². The normalized spacial score (nSPS) is 28.0. The molecule has 2 N–H and O–H groups in total. The van der Waals surface area contributed by atoms with Crippen LogP contribution in [0, 0.1) is 8.99 Å². The second-order valence-corrected chi connectivity index (χ2v) is 7.30. The first kappa shape index (κ1) is 13.3. The van der Waals surface area contributed by atoms with Crippen molar-refractivity contribution in [2.24, 2.45) is 11.1 Å². The molecule has 0 saturated heterocycles. The largest absolute Gasteiger partial charge is 0.324 e. The van der Waals surface area contributed by atoms with Crippen LogP contribution in [0.5, 0.6) is 0 Å². The number of rotatable bonds is 2. The maximum Gasteiger partial charge on any atom is 0.0246 e. The van der Waals surface area contributed by atoms with Gasteiger partial charge in [-0.3, -0.25) is 0 Å². The summed E-state index contributed by atoms with van der Waals surface area (Å²) in [6, 6.07) is 8.80. The molecule has 2 rings (SSSR count). The zero-order valence-electron chi connectivity index (χ0n) is 10.8. The molecule has 0 radical (unpaired) electrons. The second-order valence-electron chi connectivity index (χ2n) is 6.05. The van der Waals surface area contributed by atoms with Crippen LogP contribution in [0.1, 0.15) is 45.1 Å². The average molecular weight is 343 g/mol. The predicted molar refractivity (Wildman–Crippen MR) is 82.0 cm³/mol. The Hall–Kier alpha value is -0.0900. The van der Waals surface area contributed by atoms with Gasteiger partial charge in [0.15, 0.2) is 0 Å². The van der Waals surface area contributed by atoms with E-state index in [1.54, 1.807) is 0 Å². The van der Waals surface area contributed by atoms with Crippen LogP contribution >= 0.6 is 22.6 Å². The number of halogens is 1. The van der Waals surface area contributed by atoms with E-state index in [2.05, 4.69) is 60.7 Å². The molecule has 0 spiro atoms.